The Hall–Kier alpha value is -1.10. The fourth-order valence-electron chi connectivity index (χ4n) is 1.97. The van der Waals surface area contributed by atoms with E-state index < -0.39 is 5.97 Å². The first-order chi connectivity index (χ1) is 8.79. The molecule has 3 atom stereocenters. The average molecular weight is 272 g/mol. The Morgan fingerprint density at radius 3 is 2.21 bits per heavy atom. The van der Waals surface area contributed by atoms with Gasteiger partial charge in [-0.1, -0.05) is 20.3 Å². The second kappa shape index (κ2) is 8.91. The molecule has 0 fully saturated rings. The van der Waals surface area contributed by atoms with Gasteiger partial charge in [-0.15, -0.1) is 0 Å². The Morgan fingerprint density at radius 1 is 1.21 bits per heavy atom. The van der Waals surface area contributed by atoms with Crippen LogP contribution in [0, 0.1) is 5.92 Å². The molecular weight excluding hydrogens is 244 g/mol. The minimum atomic E-state index is -0.962. The van der Waals surface area contributed by atoms with Crippen molar-refractivity contribution in [2.75, 3.05) is 6.54 Å². The van der Waals surface area contributed by atoms with Crippen molar-refractivity contribution in [2.45, 2.75) is 65.5 Å². The van der Waals surface area contributed by atoms with E-state index in [1.54, 1.807) is 0 Å². The van der Waals surface area contributed by atoms with Crippen molar-refractivity contribution in [3.8, 4) is 0 Å². The van der Waals surface area contributed by atoms with Gasteiger partial charge in [-0.3, -0.25) is 9.59 Å². The van der Waals surface area contributed by atoms with E-state index in [1.165, 1.54) is 4.90 Å². The van der Waals surface area contributed by atoms with Crippen LogP contribution in [-0.4, -0.2) is 40.5 Å². The first-order valence-corrected chi connectivity index (χ1v) is 7.07. The lowest BCUT2D eigenvalue weighted by Crippen LogP contribution is -2.44. The molecule has 1 amide bonds. The van der Waals surface area contributed by atoms with E-state index >= 15 is 0 Å². The summed E-state index contributed by atoms with van der Waals surface area (Å²) in [6, 6.07) is 0.103. The summed E-state index contributed by atoms with van der Waals surface area (Å²) >= 11 is 0. The molecule has 3 N–H and O–H groups in total. The van der Waals surface area contributed by atoms with E-state index in [4.69, 9.17) is 10.8 Å². The van der Waals surface area contributed by atoms with Crippen LogP contribution in [0.25, 0.3) is 0 Å². The Morgan fingerprint density at radius 2 is 1.79 bits per heavy atom. The molecule has 0 aromatic rings. The molecule has 0 heterocycles. The fraction of sp³-hybridized carbons (Fsp3) is 0.857. The number of carboxylic acid groups (broad SMARTS) is 1. The maximum absolute atomic E-state index is 12.3. The minimum absolute atomic E-state index is 0.0421. The maximum Gasteiger partial charge on any atom is 0.323 e. The lowest BCUT2D eigenvalue weighted by atomic mass is 10.00. The second-order valence-corrected chi connectivity index (χ2v) is 5.43. The summed E-state index contributed by atoms with van der Waals surface area (Å²) in [6.45, 7) is 7.43. The van der Waals surface area contributed by atoms with Gasteiger partial charge in [-0.2, -0.15) is 0 Å². The van der Waals surface area contributed by atoms with Crippen LogP contribution in [0.3, 0.4) is 0 Å². The summed E-state index contributed by atoms with van der Waals surface area (Å²) in [5.41, 5.74) is 5.68. The van der Waals surface area contributed by atoms with Gasteiger partial charge in [0.2, 0.25) is 5.91 Å². The van der Waals surface area contributed by atoms with Crippen molar-refractivity contribution in [1.29, 1.82) is 0 Å². The molecule has 0 aromatic carbocycles. The zero-order valence-corrected chi connectivity index (χ0v) is 12.6. The number of carbonyl (C=O) groups excluding carboxylic acids is 1. The third kappa shape index (κ3) is 7.15. The molecule has 0 saturated carbocycles. The lowest BCUT2D eigenvalue weighted by molar-refractivity contribution is -0.148. The molecule has 5 nitrogen and oxygen atoms in total. The topological polar surface area (TPSA) is 83.6 Å². The summed E-state index contributed by atoms with van der Waals surface area (Å²) in [5.74, 6) is -1.18. The number of rotatable bonds is 9. The summed E-state index contributed by atoms with van der Waals surface area (Å²) in [4.78, 5) is 24.6. The van der Waals surface area contributed by atoms with E-state index in [9.17, 15) is 9.59 Å². The molecule has 0 radical (unpaired) electrons. The Balaban J connectivity index is 4.47. The highest BCUT2D eigenvalue weighted by Crippen LogP contribution is 2.15. The summed E-state index contributed by atoms with van der Waals surface area (Å²) in [6.07, 6.45) is 3.30. The zero-order valence-electron chi connectivity index (χ0n) is 12.6. The molecule has 0 spiro atoms. The van der Waals surface area contributed by atoms with E-state index in [0.29, 0.717) is 0 Å². The zero-order chi connectivity index (χ0) is 15.0. The van der Waals surface area contributed by atoms with Crippen LogP contribution in [0.15, 0.2) is 0 Å². The monoisotopic (exact) mass is 272 g/mol. The maximum atomic E-state index is 12.3. The molecule has 0 rings (SSSR count). The largest absolute Gasteiger partial charge is 0.480 e. The highest BCUT2D eigenvalue weighted by atomic mass is 16.4. The van der Waals surface area contributed by atoms with E-state index in [1.807, 2.05) is 27.7 Å². The summed E-state index contributed by atoms with van der Waals surface area (Å²) in [5, 5.41) is 8.90. The molecule has 0 aromatic heterocycles. The van der Waals surface area contributed by atoms with Gasteiger partial charge in [0, 0.05) is 18.0 Å². The van der Waals surface area contributed by atoms with Crippen LogP contribution < -0.4 is 5.73 Å². The first kappa shape index (κ1) is 17.9. The van der Waals surface area contributed by atoms with Gasteiger partial charge < -0.3 is 15.7 Å². The number of hydrogen-bond acceptors (Lipinski definition) is 3. The van der Waals surface area contributed by atoms with Crippen LogP contribution in [0.2, 0.25) is 0 Å². The van der Waals surface area contributed by atoms with E-state index in [0.717, 1.165) is 25.7 Å². The van der Waals surface area contributed by atoms with E-state index in [2.05, 4.69) is 0 Å². The molecule has 0 aliphatic rings. The van der Waals surface area contributed by atoms with Gasteiger partial charge >= 0.3 is 5.97 Å². The van der Waals surface area contributed by atoms with Crippen molar-refractivity contribution in [2.24, 2.45) is 11.7 Å². The first-order valence-electron chi connectivity index (χ1n) is 7.07. The van der Waals surface area contributed by atoms with Crippen molar-refractivity contribution >= 4 is 11.9 Å². The molecule has 0 aliphatic carbocycles. The minimum Gasteiger partial charge on any atom is -0.480 e. The number of carbonyl (C=O) groups is 2. The van der Waals surface area contributed by atoms with Gasteiger partial charge in [-0.05, 0) is 33.1 Å². The van der Waals surface area contributed by atoms with Crippen molar-refractivity contribution in [3.63, 3.8) is 0 Å². The predicted octanol–water partition coefficient (Wildman–Crippen LogP) is 1.85. The Bertz CT molecular complexity index is 292. The lowest BCUT2D eigenvalue weighted by Gasteiger charge is -2.29. The van der Waals surface area contributed by atoms with Gasteiger partial charge in [0.15, 0.2) is 0 Å². The fourth-order valence-corrected chi connectivity index (χ4v) is 1.97. The highest BCUT2D eigenvalue weighted by Gasteiger charge is 2.25. The van der Waals surface area contributed by atoms with Gasteiger partial charge in [-0.25, -0.2) is 0 Å². The normalized spacial score (nSPS) is 15.6. The number of nitrogens with two attached hydrogens (primary N) is 1. The van der Waals surface area contributed by atoms with Crippen LogP contribution >= 0.6 is 0 Å². The number of nitrogens with zero attached hydrogens (tertiary/aromatic N) is 1. The van der Waals surface area contributed by atoms with Crippen molar-refractivity contribution < 1.29 is 14.7 Å². The number of hydrogen-bond donors (Lipinski definition) is 2. The Kier molecular flexibility index (Phi) is 8.39. The molecule has 112 valence electrons. The number of amides is 1. The smallest absolute Gasteiger partial charge is 0.323 e. The molecule has 5 heteroatoms. The quantitative estimate of drug-likeness (QED) is 0.671. The van der Waals surface area contributed by atoms with E-state index in [-0.39, 0.29) is 30.5 Å². The summed E-state index contributed by atoms with van der Waals surface area (Å²) in [7, 11) is 0. The van der Waals surface area contributed by atoms with Gasteiger partial charge in [0.25, 0.3) is 0 Å². The predicted molar refractivity (Wildman–Crippen MR) is 75.8 cm³/mol. The SMILES string of the molecule is CCC(C)N(CC(=O)O)C(=O)C(C)CCCC(C)N. The molecular formula is C14H28N2O3. The summed E-state index contributed by atoms with van der Waals surface area (Å²) < 4.78 is 0. The number of carboxylic acids is 1. The average Bonchev–Trinajstić information content (AvgIpc) is 2.33. The van der Waals surface area contributed by atoms with Crippen LogP contribution in [0.1, 0.15) is 53.4 Å². The molecule has 0 bridgehead atoms. The van der Waals surface area contributed by atoms with Gasteiger partial charge in [0.1, 0.15) is 6.54 Å². The molecule has 3 unspecified atom stereocenters. The molecule has 0 aliphatic heterocycles. The highest BCUT2D eigenvalue weighted by molar-refractivity contribution is 5.83. The molecule has 0 saturated heterocycles. The second-order valence-electron chi connectivity index (χ2n) is 5.43. The third-order valence-electron chi connectivity index (χ3n) is 3.43. The standard InChI is InChI=1S/C14H28N2O3/c1-5-12(4)16(9-13(17)18)14(19)10(2)7-6-8-11(3)15/h10-12H,5-9,15H2,1-4H3,(H,17,18). The number of aliphatic carboxylic acids is 1. The third-order valence-corrected chi connectivity index (χ3v) is 3.43. The van der Waals surface area contributed by atoms with Crippen molar-refractivity contribution in [1.82, 2.24) is 4.90 Å². The molecule has 19 heavy (non-hydrogen) atoms. The van der Waals surface area contributed by atoms with Crippen LogP contribution in [-0.2, 0) is 9.59 Å². The van der Waals surface area contributed by atoms with Crippen LogP contribution in [0.4, 0.5) is 0 Å². The van der Waals surface area contributed by atoms with Crippen molar-refractivity contribution in [3.05, 3.63) is 0 Å². The van der Waals surface area contributed by atoms with Crippen LogP contribution in [0.5, 0.6) is 0 Å². The Labute approximate surface area is 116 Å². The van der Waals surface area contributed by atoms with Gasteiger partial charge in [0.05, 0.1) is 0 Å².